The third kappa shape index (κ3) is 1.78. The van der Waals surface area contributed by atoms with Gasteiger partial charge in [-0.15, -0.1) is 0 Å². The van der Waals surface area contributed by atoms with Gasteiger partial charge in [-0.05, 0) is 61.2 Å². The maximum atomic E-state index is 12.4. The molecule has 0 aliphatic heterocycles. The fourth-order valence-corrected chi connectivity index (χ4v) is 6.94. The summed E-state index contributed by atoms with van der Waals surface area (Å²) in [5.41, 5.74) is -0.183. The quantitative estimate of drug-likeness (QED) is 0.748. The maximum absolute atomic E-state index is 12.4. The largest absolute Gasteiger partial charge is 0.393 e. The molecule has 0 amide bonds. The summed E-state index contributed by atoms with van der Waals surface area (Å²) in [4.78, 5) is 24.3. The standard InChI is InChI=1S/C19H28O3/c1-18-8-7-12(20)9-11(18)3-4-13-14-5-6-16(22)19(14,2)10-15(21)17(13)18/h11,13-15,17,21H,3-10H2,1-2H3/t11-,13-,14-,15+,17+,18-,19-/m0/s1. The number of ketones is 2. The van der Waals surface area contributed by atoms with Crippen LogP contribution >= 0.6 is 0 Å². The minimum absolute atomic E-state index is 0.100. The molecule has 0 bridgehead atoms. The lowest BCUT2D eigenvalue weighted by atomic mass is 9.44. The molecule has 122 valence electrons. The highest BCUT2D eigenvalue weighted by atomic mass is 16.3. The summed E-state index contributed by atoms with van der Waals surface area (Å²) in [6.45, 7) is 4.43. The molecule has 3 nitrogen and oxygen atoms in total. The Morgan fingerprint density at radius 1 is 1.09 bits per heavy atom. The fourth-order valence-electron chi connectivity index (χ4n) is 6.94. The minimum Gasteiger partial charge on any atom is -0.393 e. The zero-order chi connectivity index (χ0) is 15.7. The van der Waals surface area contributed by atoms with Crippen molar-refractivity contribution in [3.63, 3.8) is 0 Å². The highest BCUT2D eigenvalue weighted by Crippen LogP contribution is 2.65. The van der Waals surface area contributed by atoms with Crippen LogP contribution in [-0.2, 0) is 9.59 Å². The van der Waals surface area contributed by atoms with Crippen LogP contribution in [-0.4, -0.2) is 22.8 Å². The summed E-state index contributed by atoms with van der Waals surface area (Å²) in [6, 6.07) is 0. The summed E-state index contributed by atoms with van der Waals surface area (Å²) in [5, 5.41) is 11.0. The monoisotopic (exact) mass is 304 g/mol. The van der Waals surface area contributed by atoms with Crippen molar-refractivity contribution in [2.45, 2.75) is 71.3 Å². The lowest BCUT2D eigenvalue weighted by molar-refractivity contribution is -0.171. The van der Waals surface area contributed by atoms with Crippen LogP contribution in [0.3, 0.4) is 0 Å². The number of aliphatic hydroxyl groups is 1. The third-order valence-corrected chi connectivity index (χ3v) is 8.12. The van der Waals surface area contributed by atoms with Crippen LogP contribution in [0.4, 0.5) is 0 Å². The van der Waals surface area contributed by atoms with Crippen LogP contribution in [0.25, 0.3) is 0 Å². The predicted octanol–water partition coefficient (Wildman–Crippen LogP) is 3.14. The van der Waals surface area contributed by atoms with Crippen LogP contribution < -0.4 is 0 Å². The first kappa shape index (κ1) is 14.9. The molecule has 0 radical (unpaired) electrons. The molecule has 0 spiro atoms. The van der Waals surface area contributed by atoms with E-state index < -0.39 is 0 Å². The van der Waals surface area contributed by atoms with Gasteiger partial charge in [-0.2, -0.15) is 0 Å². The van der Waals surface area contributed by atoms with E-state index in [9.17, 15) is 14.7 Å². The van der Waals surface area contributed by atoms with Gasteiger partial charge < -0.3 is 5.11 Å². The Morgan fingerprint density at radius 3 is 2.64 bits per heavy atom. The van der Waals surface area contributed by atoms with Crippen molar-refractivity contribution in [2.24, 2.45) is 34.5 Å². The molecule has 0 aromatic heterocycles. The van der Waals surface area contributed by atoms with Gasteiger partial charge in [0.15, 0.2) is 0 Å². The molecule has 1 N–H and O–H groups in total. The molecule has 4 rings (SSSR count). The first-order chi connectivity index (χ1) is 10.4. The molecule has 4 saturated carbocycles. The first-order valence-corrected chi connectivity index (χ1v) is 9.09. The lowest BCUT2D eigenvalue weighted by Gasteiger charge is -2.60. The van der Waals surface area contributed by atoms with Gasteiger partial charge in [0, 0.05) is 24.7 Å². The number of aliphatic hydroxyl groups excluding tert-OH is 1. The molecule has 4 aliphatic rings. The molecule has 7 atom stereocenters. The van der Waals surface area contributed by atoms with Crippen LogP contribution in [0.15, 0.2) is 0 Å². The second-order valence-corrected chi connectivity index (χ2v) is 8.97. The lowest BCUT2D eigenvalue weighted by Crippen LogP contribution is -2.58. The van der Waals surface area contributed by atoms with Crippen LogP contribution in [0.1, 0.15) is 65.2 Å². The van der Waals surface area contributed by atoms with E-state index in [-0.39, 0.29) is 16.9 Å². The van der Waals surface area contributed by atoms with Crippen LogP contribution in [0.2, 0.25) is 0 Å². The molecule has 22 heavy (non-hydrogen) atoms. The Hall–Kier alpha value is -0.700. The summed E-state index contributed by atoms with van der Waals surface area (Å²) in [6.07, 6.45) is 6.55. The molecule has 4 fully saturated rings. The molecule has 0 aromatic rings. The van der Waals surface area contributed by atoms with E-state index in [0.717, 1.165) is 25.7 Å². The van der Waals surface area contributed by atoms with E-state index in [2.05, 4.69) is 13.8 Å². The van der Waals surface area contributed by atoms with Crippen molar-refractivity contribution in [1.29, 1.82) is 0 Å². The van der Waals surface area contributed by atoms with E-state index in [1.54, 1.807) is 0 Å². The maximum Gasteiger partial charge on any atom is 0.139 e. The number of hydrogen-bond donors (Lipinski definition) is 1. The summed E-state index contributed by atoms with van der Waals surface area (Å²) in [5.74, 6) is 2.47. The highest BCUT2D eigenvalue weighted by molar-refractivity contribution is 5.87. The number of carbonyl (C=O) groups is 2. The van der Waals surface area contributed by atoms with Gasteiger partial charge in [0.05, 0.1) is 6.10 Å². The van der Waals surface area contributed by atoms with E-state index in [0.29, 0.717) is 60.9 Å². The third-order valence-electron chi connectivity index (χ3n) is 8.12. The molecular weight excluding hydrogens is 276 g/mol. The summed E-state index contributed by atoms with van der Waals surface area (Å²) in [7, 11) is 0. The van der Waals surface area contributed by atoms with Gasteiger partial charge in [-0.25, -0.2) is 0 Å². The van der Waals surface area contributed by atoms with Crippen molar-refractivity contribution >= 4 is 11.6 Å². The van der Waals surface area contributed by atoms with Crippen molar-refractivity contribution in [1.82, 2.24) is 0 Å². The van der Waals surface area contributed by atoms with Crippen LogP contribution in [0, 0.1) is 34.5 Å². The van der Waals surface area contributed by atoms with Gasteiger partial charge >= 0.3 is 0 Å². The molecule has 0 heterocycles. The Morgan fingerprint density at radius 2 is 1.86 bits per heavy atom. The summed E-state index contributed by atoms with van der Waals surface area (Å²) < 4.78 is 0. The van der Waals surface area contributed by atoms with E-state index in [4.69, 9.17) is 0 Å². The second kappa shape index (κ2) is 4.66. The number of fused-ring (bicyclic) bond motifs is 5. The van der Waals surface area contributed by atoms with E-state index in [1.807, 2.05) is 0 Å². The number of rotatable bonds is 0. The van der Waals surface area contributed by atoms with Crippen molar-refractivity contribution in [3.05, 3.63) is 0 Å². The molecule has 0 unspecified atom stereocenters. The predicted molar refractivity (Wildman–Crippen MR) is 83.1 cm³/mol. The van der Waals surface area contributed by atoms with Crippen LogP contribution in [0.5, 0.6) is 0 Å². The fraction of sp³-hybridized carbons (Fsp3) is 0.895. The zero-order valence-corrected chi connectivity index (χ0v) is 13.8. The Labute approximate surface area is 132 Å². The Bertz CT molecular complexity index is 527. The first-order valence-electron chi connectivity index (χ1n) is 9.09. The Kier molecular flexibility index (Phi) is 3.15. The molecule has 0 saturated heterocycles. The van der Waals surface area contributed by atoms with Crippen molar-refractivity contribution < 1.29 is 14.7 Å². The molecule has 3 heteroatoms. The zero-order valence-electron chi connectivity index (χ0n) is 13.8. The van der Waals surface area contributed by atoms with E-state index >= 15 is 0 Å². The van der Waals surface area contributed by atoms with Crippen molar-refractivity contribution in [2.75, 3.05) is 0 Å². The summed E-state index contributed by atoms with van der Waals surface area (Å²) >= 11 is 0. The minimum atomic E-state index is -0.366. The number of hydrogen-bond acceptors (Lipinski definition) is 3. The highest BCUT2D eigenvalue weighted by Gasteiger charge is 2.63. The van der Waals surface area contributed by atoms with Gasteiger partial charge in [-0.3, -0.25) is 9.59 Å². The second-order valence-electron chi connectivity index (χ2n) is 8.97. The van der Waals surface area contributed by atoms with Gasteiger partial charge in [0.25, 0.3) is 0 Å². The molecule has 0 aromatic carbocycles. The van der Waals surface area contributed by atoms with Gasteiger partial charge in [0.1, 0.15) is 11.6 Å². The average Bonchev–Trinajstić information content (AvgIpc) is 2.75. The Balaban J connectivity index is 1.70. The smallest absolute Gasteiger partial charge is 0.139 e. The van der Waals surface area contributed by atoms with Gasteiger partial charge in [0.2, 0.25) is 0 Å². The van der Waals surface area contributed by atoms with Gasteiger partial charge in [-0.1, -0.05) is 13.8 Å². The normalized spacial score (nSPS) is 54.6. The molecule has 4 aliphatic carbocycles. The average molecular weight is 304 g/mol. The topological polar surface area (TPSA) is 54.4 Å². The SMILES string of the molecule is C[C@]12CCC(=O)C[C@@H]1CC[C@@H]1[C@@H]2[C@H](O)C[C@]2(C)C(=O)CC[C@@H]12. The molecular formula is C19H28O3. The number of carbonyl (C=O) groups excluding carboxylic acids is 2. The number of Topliss-reactive ketones (excluding diaryl/α,β-unsaturated/α-hetero) is 2. The van der Waals surface area contributed by atoms with E-state index in [1.165, 1.54) is 0 Å². The van der Waals surface area contributed by atoms with Crippen molar-refractivity contribution in [3.8, 4) is 0 Å².